The van der Waals surface area contributed by atoms with Crippen molar-refractivity contribution in [2.75, 3.05) is 13.2 Å². The normalized spacial score (nSPS) is 19.6. The van der Waals surface area contributed by atoms with Gasteiger partial charge in [0, 0.05) is 11.1 Å². The van der Waals surface area contributed by atoms with E-state index in [1.165, 1.54) is 0 Å². The molecule has 2 rings (SSSR count). The molecule has 1 saturated heterocycles. The van der Waals surface area contributed by atoms with Crippen LogP contribution >= 0.6 is 0 Å². The average Bonchev–Trinajstić information content (AvgIpc) is 3.59. The molecule has 0 bridgehead atoms. The third kappa shape index (κ3) is 6.42. The van der Waals surface area contributed by atoms with Crippen LogP contribution in [0.2, 0.25) is 0 Å². The first-order chi connectivity index (χ1) is 15.2. The molecular formula is C25H34O7. The van der Waals surface area contributed by atoms with Gasteiger partial charge in [0.2, 0.25) is 0 Å². The van der Waals surface area contributed by atoms with E-state index in [2.05, 4.69) is 0 Å². The van der Waals surface area contributed by atoms with Crippen molar-refractivity contribution in [3.8, 4) is 5.75 Å². The highest BCUT2D eigenvalue weighted by Gasteiger charge is 2.50. The Balaban J connectivity index is 2.26. The molecule has 1 aliphatic heterocycles. The molecule has 1 aliphatic rings. The van der Waals surface area contributed by atoms with Gasteiger partial charge in [-0.1, -0.05) is 45.9 Å². The summed E-state index contributed by atoms with van der Waals surface area (Å²) in [5, 5.41) is 0. The van der Waals surface area contributed by atoms with Gasteiger partial charge in [-0.3, -0.25) is 9.59 Å². The Morgan fingerprint density at radius 3 is 2.22 bits per heavy atom. The second-order valence-electron chi connectivity index (χ2n) is 8.31. The predicted molar refractivity (Wildman–Crippen MR) is 119 cm³/mol. The average molecular weight is 447 g/mol. The van der Waals surface area contributed by atoms with Crippen molar-refractivity contribution in [2.24, 2.45) is 11.8 Å². The third-order valence-electron chi connectivity index (χ3n) is 5.85. The summed E-state index contributed by atoms with van der Waals surface area (Å²) >= 11 is 0. The zero-order valence-electron chi connectivity index (χ0n) is 19.9. The monoisotopic (exact) mass is 446 g/mol. The molecule has 0 amide bonds. The van der Waals surface area contributed by atoms with E-state index in [4.69, 9.17) is 18.9 Å². The van der Waals surface area contributed by atoms with Gasteiger partial charge in [-0.25, -0.2) is 4.79 Å². The van der Waals surface area contributed by atoms with E-state index in [1.807, 2.05) is 27.7 Å². The lowest BCUT2D eigenvalue weighted by atomic mass is 9.98. The first-order valence-electron chi connectivity index (χ1n) is 11.1. The molecule has 7 nitrogen and oxygen atoms in total. The van der Waals surface area contributed by atoms with Gasteiger partial charge in [0.25, 0.3) is 0 Å². The standard InChI is InChI=1S/C25H34O7/c1-7-16(4)22(26)29-13-19-10-11-20(21(12-19)32-24(28)18(6)9-3)25(15-31-25)14-30-23(27)17(5)8-2/h9-12,16-17H,7-8,13-15H2,1-6H3. The van der Waals surface area contributed by atoms with Gasteiger partial charge < -0.3 is 18.9 Å². The molecule has 0 aromatic heterocycles. The summed E-state index contributed by atoms with van der Waals surface area (Å²) in [6, 6.07) is 5.23. The topological polar surface area (TPSA) is 91.4 Å². The van der Waals surface area contributed by atoms with Crippen LogP contribution in [-0.2, 0) is 40.8 Å². The molecule has 3 atom stereocenters. The summed E-state index contributed by atoms with van der Waals surface area (Å²) in [7, 11) is 0. The highest BCUT2D eigenvalue weighted by atomic mass is 16.6. The number of benzene rings is 1. The third-order valence-corrected chi connectivity index (χ3v) is 5.85. The number of allylic oxidation sites excluding steroid dienone is 1. The van der Waals surface area contributed by atoms with Gasteiger partial charge in [0.15, 0.2) is 5.60 Å². The maximum atomic E-state index is 12.4. The molecule has 176 valence electrons. The van der Waals surface area contributed by atoms with Crippen LogP contribution in [0.5, 0.6) is 5.75 Å². The van der Waals surface area contributed by atoms with Crippen LogP contribution in [0, 0.1) is 11.8 Å². The van der Waals surface area contributed by atoms with Crippen molar-refractivity contribution in [3.63, 3.8) is 0 Å². The van der Waals surface area contributed by atoms with Crippen molar-refractivity contribution >= 4 is 17.9 Å². The van der Waals surface area contributed by atoms with Crippen molar-refractivity contribution in [3.05, 3.63) is 41.0 Å². The minimum absolute atomic E-state index is 0.0334. The van der Waals surface area contributed by atoms with Gasteiger partial charge in [-0.2, -0.15) is 0 Å². The molecule has 0 N–H and O–H groups in total. The second kappa shape index (κ2) is 11.3. The molecule has 1 heterocycles. The fourth-order valence-corrected chi connectivity index (χ4v) is 2.78. The number of hydrogen-bond donors (Lipinski definition) is 0. The molecule has 1 fully saturated rings. The largest absolute Gasteiger partial charge is 0.462 e. The second-order valence-corrected chi connectivity index (χ2v) is 8.31. The Morgan fingerprint density at radius 2 is 1.69 bits per heavy atom. The lowest BCUT2D eigenvalue weighted by molar-refractivity contribution is -0.150. The predicted octanol–water partition coefficient (Wildman–Crippen LogP) is 4.46. The van der Waals surface area contributed by atoms with Crippen LogP contribution in [-0.4, -0.2) is 31.1 Å². The fraction of sp³-hybridized carbons (Fsp3) is 0.560. The summed E-state index contributed by atoms with van der Waals surface area (Å²) in [6.45, 7) is 11.3. The van der Waals surface area contributed by atoms with Crippen molar-refractivity contribution in [2.45, 2.75) is 66.6 Å². The Labute approximate surface area is 190 Å². The summed E-state index contributed by atoms with van der Waals surface area (Å²) in [6.07, 6.45) is 3.04. The van der Waals surface area contributed by atoms with Gasteiger partial charge >= 0.3 is 17.9 Å². The smallest absolute Gasteiger partial charge is 0.338 e. The van der Waals surface area contributed by atoms with Crippen LogP contribution < -0.4 is 4.74 Å². The minimum Gasteiger partial charge on any atom is -0.462 e. The highest BCUT2D eigenvalue weighted by molar-refractivity contribution is 5.89. The fourth-order valence-electron chi connectivity index (χ4n) is 2.78. The van der Waals surface area contributed by atoms with E-state index < -0.39 is 11.6 Å². The van der Waals surface area contributed by atoms with E-state index in [-0.39, 0.29) is 37.0 Å². The molecule has 1 aromatic rings. The summed E-state index contributed by atoms with van der Waals surface area (Å²) < 4.78 is 22.2. The van der Waals surface area contributed by atoms with E-state index in [9.17, 15) is 14.4 Å². The van der Waals surface area contributed by atoms with Gasteiger partial charge in [0.1, 0.15) is 19.0 Å². The number of rotatable bonds is 11. The maximum absolute atomic E-state index is 12.4. The zero-order valence-corrected chi connectivity index (χ0v) is 19.9. The van der Waals surface area contributed by atoms with Crippen molar-refractivity contribution in [1.82, 2.24) is 0 Å². The van der Waals surface area contributed by atoms with Crippen molar-refractivity contribution < 1.29 is 33.3 Å². The van der Waals surface area contributed by atoms with Crippen LogP contribution in [0.3, 0.4) is 0 Å². The highest BCUT2D eigenvalue weighted by Crippen LogP contribution is 2.44. The molecule has 32 heavy (non-hydrogen) atoms. The SMILES string of the molecule is CC=C(C)C(=O)Oc1cc(COC(=O)C(C)CC)ccc1C1(COC(=O)C(C)CC)CO1. The molecular weight excluding hydrogens is 412 g/mol. The molecule has 0 aliphatic carbocycles. The Morgan fingerprint density at radius 1 is 1.09 bits per heavy atom. The number of carbonyl (C=O) groups is 3. The van der Waals surface area contributed by atoms with Crippen molar-refractivity contribution in [1.29, 1.82) is 0 Å². The van der Waals surface area contributed by atoms with E-state index in [0.29, 0.717) is 41.9 Å². The molecule has 1 aromatic carbocycles. The first-order valence-corrected chi connectivity index (χ1v) is 11.1. The quantitative estimate of drug-likeness (QED) is 0.214. The Hall–Kier alpha value is -2.67. The molecule has 3 unspecified atom stereocenters. The molecule has 7 heteroatoms. The lowest BCUT2D eigenvalue weighted by Crippen LogP contribution is -2.24. The van der Waals surface area contributed by atoms with Crippen LogP contribution in [0.1, 0.15) is 65.5 Å². The number of carbonyl (C=O) groups excluding carboxylic acids is 3. The van der Waals surface area contributed by atoms with E-state index in [0.717, 1.165) is 0 Å². The first kappa shape index (κ1) is 25.6. The number of ether oxygens (including phenoxy) is 4. The minimum atomic E-state index is -0.853. The van der Waals surface area contributed by atoms with Crippen LogP contribution in [0.25, 0.3) is 0 Å². The van der Waals surface area contributed by atoms with E-state index in [1.54, 1.807) is 38.1 Å². The van der Waals surface area contributed by atoms with E-state index >= 15 is 0 Å². The molecule has 0 radical (unpaired) electrons. The van der Waals surface area contributed by atoms with Gasteiger partial charge in [0.05, 0.1) is 18.4 Å². The van der Waals surface area contributed by atoms with Crippen LogP contribution in [0.4, 0.5) is 0 Å². The summed E-state index contributed by atoms with van der Waals surface area (Å²) in [5.41, 5.74) is 0.898. The Kier molecular flexibility index (Phi) is 9.01. The Bertz CT molecular complexity index is 867. The zero-order chi connectivity index (χ0) is 23.9. The van der Waals surface area contributed by atoms with Crippen LogP contribution in [0.15, 0.2) is 29.8 Å². The van der Waals surface area contributed by atoms with Gasteiger partial charge in [-0.05, 0) is 38.3 Å². The number of esters is 3. The summed E-state index contributed by atoms with van der Waals surface area (Å²) in [5.74, 6) is -1.16. The molecule has 0 spiro atoms. The lowest BCUT2D eigenvalue weighted by Gasteiger charge is -2.19. The number of epoxide rings is 1. The summed E-state index contributed by atoms with van der Waals surface area (Å²) in [4.78, 5) is 36.6. The maximum Gasteiger partial charge on any atom is 0.338 e. The van der Waals surface area contributed by atoms with Gasteiger partial charge in [-0.15, -0.1) is 0 Å². The number of hydrogen-bond acceptors (Lipinski definition) is 7. The molecule has 0 saturated carbocycles.